The number of aromatic amines is 1. The molecule has 6 heteroatoms. The smallest absolute Gasteiger partial charge is 0.322 e. The van der Waals surface area contributed by atoms with Crippen LogP contribution in [0.25, 0.3) is 0 Å². The van der Waals surface area contributed by atoms with Gasteiger partial charge in [0.05, 0.1) is 18.0 Å². The Hall–Kier alpha value is -2.34. The van der Waals surface area contributed by atoms with E-state index >= 15 is 0 Å². The Kier molecular flexibility index (Phi) is 4.70. The van der Waals surface area contributed by atoms with Crippen molar-refractivity contribution in [2.75, 3.05) is 18.5 Å². The Morgan fingerprint density at radius 1 is 1.41 bits per heavy atom. The summed E-state index contributed by atoms with van der Waals surface area (Å²) >= 11 is 0. The lowest BCUT2D eigenvalue weighted by molar-refractivity contribution is 0.0819. The predicted molar refractivity (Wildman–Crippen MR) is 83.4 cm³/mol. The number of nitrogens with one attached hydrogen (secondary N) is 2. The monoisotopic (exact) mass is 300 g/mol. The van der Waals surface area contributed by atoms with Gasteiger partial charge in [-0.1, -0.05) is 30.3 Å². The molecule has 1 unspecified atom stereocenters. The van der Waals surface area contributed by atoms with E-state index in [1.807, 2.05) is 30.3 Å². The first kappa shape index (κ1) is 14.6. The van der Waals surface area contributed by atoms with E-state index in [1.54, 1.807) is 17.3 Å². The fraction of sp³-hybridized carbons (Fsp3) is 0.375. The van der Waals surface area contributed by atoms with Crippen LogP contribution in [0.1, 0.15) is 18.4 Å². The number of benzene rings is 1. The van der Waals surface area contributed by atoms with Gasteiger partial charge in [0.1, 0.15) is 0 Å². The first-order valence-electron chi connectivity index (χ1n) is 7.51. The fourth-order valence-electron chi connectivity index (χ4n) is 2.58. The van der Waals surface area contributed by atoms with Crippen LogP contribution in [0.5, 0.6) is 0 Å². The SMILES string of the molecule is O=C(Nc1cn[nH]c1)N(Cc1ccccc1)CC1CCCO1. The van der Waals surface area contributed by atoms with Gasteiger partial charge in [0.2, 0.25) is 0 Å². The van der Waals surface area contributed by atoms with Gasteiger partial charge in [-0.05, 0) is 18.4 Å². The summed E-state index contributed by atoms with van der Waals surface area (Å²) in [4.78, 5) is 14.3. The van der Waals surface area contributed by atoms with E-state index in [-0.39, 0.29) is 12.1 Å². The first-order chi connectivity index (χ1) is 10.8. The number of H-pyrrole nitrogens is 1. The maximum atomic E-state index is 12.5. The number of hydrogen-bond acceptors (Lipinski definition) is 3. The standard InChI is InChI=1S/C16H20N4O2/c21-16(19-14-9-17-18-10-14)20(12-15-7-4-8-22-15)11-13-5-2-1-3-6-13/h1-3,5-6,9-10,15H,4,7-8,11-12H2,(H,17,18)(H,19,21). The highest BCUT2D eigenvalue weighted by Gasteiger charge is 2.23. The van der Waals surface area contributed by atoms with Crippen molar-refractivity contribution in [3.8, 4) is 0 Å². The average molecular weight is 300 g/mol. The molecule has 1 fully saturated rings. The number of urea groups is 1. The second-order valence-corrected chi connectivity index (χ2v) is 5.42. The number of ether oxygens (including phenoxy) is 1. The fourth-order valence-corrected chi connectivity index (χ4v) is 2.58. The van der Waals surface area contributed by atoms with Crippen LogP contribution in [0.3, 0.4) is 0 Å². The van der Waals surface area contributed by atoms with Crippen molar-refractivity contribution in [3.63, 3.8) is 0 Å². The number of rotatable bonds is 5. The van der Waals surface area contributed by atoms with Gasteiger partial charge < -0.3 is 15.0 Å². The quantitative estimate of drug-likeness (QED) is 0.891. The molecule has 1 atom stereocenters. The normalized spacial score (nSPS) is 17.4. The van der Waals surface area contributed by atoms with Crippen LogP contribution >= 0.6 is 0 Å². The number of aromatic nitrogens is 2. The number of anilines is 1. The Balaban J connectivity index is 1.68. The molecule has 3 rings (SSSR count). The van der Waals surface area contributed by atoms with Gasteiger partial charge in [0, 0.05) is 25.9 Å². The highest BCUT2D eigenvalue weighted by molar-refractivity contribution is 5.89. The summed E-state index contributed by atoms with van der Waals surface area (Å²) in [5.41, 5.74) is 1.76. The number of amides is 2. The lowest BCUT2D eigenvalue weighted by Crippen LogP contribution is -2.39. The van der Waals surface area contributed by atoms with E-state index in [0.717, 1.165) is 25.0 Å². The number of carbonyl (C=O) groups is 1. The molecule has 1 aliphatic rings. The van der Waals surface area contributed by atoms with E-state index in [9.17, 15) is 4.79 Å². The van der Waals surface area contributed by atoms with Crippen LogP contribution in [0.2, 0.25) is 0 Å². The molecule has 1 saturated heterocycles. The molecule has 0 saturated carbocycles. The summed E-state index contributed by atoms with van der Waals surface area (Å²) in [5.74, 6) is 0. The highest BCUT2D eigenvalue weighted by Crippen LogP contribution is 2.16. The second kappa shape index (κ2) is 7.09. The molecule has 2 aromatic rings. The summed E-state index contributed by atoms with van der Waals surface area (Å²) in [5, 5.41) is 9.38. The molecular weight excluding hydrogens is 280 g/mol. The van der Waals surface area contributed by atoms with Gasteiger partial charge in [-0.25, -0.2) is 4.79 Å². The van der Waals surface area contributed by atoms with Crippen LogP contribution in [-0.2, 0) is 11.3 Å². The molecule has 2 amide bonds. The molecule has 1 aliphatic heterocycles. The molecule has 1 aromatic heterocycles. The van der Waals surface area contributed by atoms with Crippen molar-refractivity contribution in [2.45, 2.75) is 25.5 Å². The van der Waals surface area contributed by atoms with Crippen molar-refractivity contribution in [2.24, 2.45) is 0 Å². The van der Waals surface area contributed by atoms with E-state index in [4.69, 9.17) is 4.74 Å². The zero-order valence-electron chi connectivity index (χ0n) is 12.4. The van der Waals surface area contributed by atoms with Crippen LogP contribution in [0, 0.1) is 0 Å². The summed E-state index contributed by atoms with van der Waals surface area (Å²) in [7, 11) is 0. The van der Waals surface area contributed by atoms with E-state index in [1.165, 1.54) is 0 Å². The lowest BCUT2D eigenvalue weighted by Gasteiger charge is -2.25. The first-order valence-corrected chi connectivity index (χ1v) is 7.51. The Bertz CT molecular complexity index is 579. The molecule has 0 radical (unpaired) electrons. The molecule has 2 N–H and O–H groups in total. The maximum Gasteiger partial charge on any atom is 0.322 e. The molecule has 116 valence electrons. The minimum absolute atomic E-state index is 0.124. The van der Waals surface area contributed by atoms with Gasteiger partial charge >= 0.3 is 6.03 Å². The maximum absolute atomic E-state index is 12.5. The van der Waals surface area contributed by atoms with Crippen molar-refractivity contribution in [3.05, 3.63) is 48.3 Å². The predicted octanol–water partition coefficient (Wildman–Crippen LogP) is 2.62. The Morgan fingerprint density at radius 3 is 2.95 bits per heavy atom. The lowest BCUT2D eigenvalue weighted by atomic mass is 10.2. The van der Waals surface area contributed by atoms with Crippen LogP contribution in [0.4, 0.5) is 10.5 Å². The van der Waals surface area contributed by atoms with Crippen LogP contribution in [0.15, 0.2) is 42.7 Å². The van der Waals surface area contributed by atoms with Gasteiger partial charge in [0.25, 0.3) is 0 Å². The molecule has 0 aliphatic carbocycles. The topological polar surface area (TPSA) is 70.2 Å². The average Bonchev–Trinajstić information content (AvgIpc) is 3.21. The molecule has 6 nitrogen and oxygen atoms in total. The number of nitrogens with zero attached hydrogens (tertiary/aromatic N) is 2. The second-order valence-electron chi connectivity index (χ2n) is 5.42. The largest absolute Gasteiger partial charge is 0.376 e. The third-order valence-electron chi connectivity index (χ3n) is 3.70. The minimum atomic E-state index is -0.138. The molecule has 22 heavy (non-hydrogen) atoms. The summed E-state index contributed by atoms with van der Waals surface area (Å²) < 4.78 is 5.67. The molecule has 0 spiro atoms. The van der Waals surface area contributed by atoms with Crippen molar-refractivity contribution >= 4 is 11.7 Å². The highest BCUT2D eigenvalue weighted by atomic mass is 16.5. The van der Waals surface area contributed by atoms with Gasteiger partial charge in [0.15, 0.2) is 0 Å². The zero-order chi connectivity index (χ0) is 15.2. The molecular formula is C16H20N4O2. The van der Waals surface area contributed by atoms with Crippen LogP contribution in [-0.4, -0.2) is 40.4 Å². The van der Waals surface area contributed by atoms with Crippen molar-refractivity contribution in [1.82, 2.24) is 15.1 Å². The molecule has 2 heterocycles. The Morgan fingerprint density at radius 2 is 2.27 bits per heavy atom. The van der Waals surface area contributed by atoms with E-state index < -0.39 is 0 Å². The Labute approximate surface area is 129 Å². The molecule has 0 bridgehead atoms. The van der Waals surface area contributed by atoms with Gasteiger partial charge in [-0.15, -0.1) is 0 Å². The third-order valence-corrected chi connectivity index (χ3v) is 3.70. The third kappa shape index (κ3) is 3.85. The zero-order valence-corrected chi connectivity index (χ0v) is 12.4. The molecule has 1 aromatic carbocycles. The minimum Gasteiger partial charge on any atom is -0.376 e. The van der Waals surface area contributed by atoms with Gasteiger partial charge in [-0.2, -0.15) is 5.10 Å². The number of carbonyl (C=O) groups excluding carboxylic acids is 1. The van der Waals surface area contributed by atoms with E-state index in [0.29, 0.717) is 18.8 Å². The van der Waals surface area contributed by atoms with Crippen LogP contribution < -0.4 is 5.32 Å². The summed E-state index contributed by atoms with van der Waals surface area (Å²) in [6.07, 6.45) is 5.44. The van der Waals surface area contributed by atoms with Crippen molar-refractivity contribution < 1.29 is 9.53 Å². The van der Waals surface area contributed by atoms with Crippen molar-refractivity contribution in [1.29, 1.82) is 0 Å². The van der Waals surface area contributed by atoms with Gasteiger partial charge in [-0.3, -0.25) is 5.10 Å². The number of hydrogen-bond donors (Lipinski definition) is 2. The van der Waals surface area contributed by atoms with E-state index in [2.05, 4.69) is 15.5 Å². The summed E-state index contributed by atoms with van der Waals surface area (Å²) in [6, 6.07) is 9.84. The summed E-state index contributed by atoms with van der Waals surface area (Å²) in [6.45, 7) is 1.94.